The molecule has 33 nitrogen and oxygen atoms in total. The van der Waals surface area contributed by atoms with Gasteiger partial charge in [0.25, 0.3) is 0 Å². The number of rotatable bonds is 36. The summed E-state index contributed by atoms with van der Waals surface area (Å²) in [5.74, 6) is -9.17. The molecule has 0 aliphatic carbocycles. The van der Waals surface area contributed by atoms with Gasteiger partial charge in [-0.2, -0.15) is 0 Å². The average Bonchev–Trinajstić information content (AvgIpc) is 3.84. The lowest BCUT2D eigenvalue weighted by Gasteiger charge is -2.28. The maximum Gasteiger partial charge on any atom is 0.303 e. The number of aromatic nitrogens is 2. The third kappa shape index (κ3) is 23.2. The zero-order chi connectivity index (χ0) is 57.1. The molecule has 23 N–H and O–H groups in total. The van der Waals surface area contributed by atoms with E-state index in [9.17, 15) is 53.3 Å². The quantitative estimate of drug-likeness (QED) is 0.00995. The number of fused-ring (bicyclic) bond motifs is 1. The van der Waals surface area contributed by atoms with Crippen molar-refractivity contribution < 1.29 is 57.8 Å². The molecule has 0 fully saturated rings. The van der Waals surface area contributed by atoms with Gasteiger partial charge in [-0.15, -0.1) is 0 Å². The van der Waals surface area contributed by atoms with Crippen molar-refractivity contribution in [2.45, 2.75) is 127 Å². The fourth-order valence-corrected chi connectivity index (χ4v) is 7.06. The number of nitro groups is 1. The number of nitro benzene ring substituents is 1. The predicted octanol–water partition coefficient (Wildman–Crippen LogP) is -5.45. The Labute approximate surface area is 435 Å². The number of hydrogen-bond acceptors (Lipinski definition) is 19. The molecule has 76 heavy (non-hydrogen) atoms. The first kappa shape index (κ1) is 63.6. The van der Waals surface area contributed by atoms with Crippen molar-refractivity contribution in [3.05, 3.63) is 22.2 Å². The second kappa shape index (κ2) is 32.6. The van der Waals surface area contributed by atoms with Crippen LogP contribution >= 0.6 is 0 Å². The van der Waals surface area contributed by atoms with Crippen LogP contribution < -0.4 is 82.7 Å². The summed E-state index contributed by atoms with van der Waals surface area (Å²) < 4.78 is 4.71. The standard InChI is InChI=1S/C43H72N20O13/c1-21(2)18-28(41(73)60-29(19-53-23-11-13-30(63(74)75)34-33(23)61-76-62-34)37(69)54-20-31(64)55-24(35(46)67)12-14-32(65)66)59-40(72)27(10-7-17-52-43(49)50)58-39(71)26(9-6-16-51-42(47)48)57-38(70)25(8-4-5-15-44)56-36(68)22(3)45/h11,13,21-22,24-29,53H,4-10,12,14-20,44-45H2,1-3H3,(H2,46,67)(H,54,69)(H,55,64)(H,56,68)(H,57,70)(H,58,71)(H,59,72)(H,60,73)(H,65,66)(H4,47,48,51)(H4,49,50,52)/t22-,24-,25-,26-,27-,28-,29-/m0/s1. The number of primary amides is 1. The molecule has 7 atom stereocenters. The van der Waals surface area contributed by atoms with Gasteiger partial charge in [0.1, 0.15) is 36.3 Å². The lowest BCUT2D eigenvalue weighted by atomic mass is 10.0. The van der Waals surface area contributed by atoms with E-state index in [4.69, 9.17) is 49.9 Å². The number of nitrogens with zero attached hydrogens (tertiary/aromatic N) is 5. The molecule has 0 aliphatic rings. The van der Waals surface area contributed by atoms with Gasteiger partial charge in [-0.3, -0.25) is 63.2 Å². The first-order chi connectivity index (χ1) is 35.8. The normalized spacial score (nSPS) is 13.7. The summed E-state index contributed by atoms with van der Waals surface area (Å²) in [5.41, 5.74) is 37.9. The molecular formula is C43H72N20O13. The summed E-state index contributed by atoms with van der Waals surface area (Å²) in [6, 6.07) is -7.03. The highest BCUT2D eigenvalue weighted by Gasteiger charge is 2.34. The van der Waals surface area contributed by atoms with Crippen molar-refractivity contribution in [2.24, 2.45) is 56.0 Å². The number of aliphatic imine (C=N–C) groups is 2. The minimum atomic E-state index is -1.62. The van der Waals surface area contributed by atoms with Crippen molar-refractivity contribution in [1.29, 1.82) is 0 Å². The zero-order valence-corrected chi connectivity index (χ0v) is 42.5. The lowest BCUT2D eigenvalue weighted by molar-refractivity contribution is -0.383. The van der Waals surface area contributed by atoms with Crippen LogP contribution in [0.5, 0.6) is 0 Å². The fraction of sp³-hybridized carbons (Fsp3) is 0.605. The van der Waals surface area contributed by atoms with Crippen molar-refractivity contribution >= 4 is 87.6 Å². The van der Waals surface area contributed by atoms with Crippen LogP contribution in [-0.2, 0) is 43.2 Å². The first-order valence-corrected chi connectivity index (χ1v) is 24.1. The van der Waals surface area contributed by atoms with Gasteiger partial charge in [-0.05, 0) is 93.6 Å². The summed E-state index contributed by atoms with van der Waals surface area (Å²) >= 11 is 0. The number of hydrogen-bond donors (Lipinski definition) is 16. The third-order valence-electron chi connectivity index (χ3n) is 11.0. The molecule has 33 heteroatoms. The Morgan fingerprint density at radius 2 is 1.16 bits per heavy atom. The number of guanidine groups is 2. The van der Waals surface area contributed by atoms with Gasteiger partial charge >= 0.3 is 11.7 Å². The number of carbonyl (C=O) groups excluding carboxylic acids is 8. The Kier molecular flexibility index (Phi) is 27.3. The molecule has 1 aromatic carbocycles. The summed E-state index contributed by atoms with van der Waals surface area (Å²) in [6.45, 7) is 3.90. The third-order valence-corrected chi connectivity index (χ3v) is 11.0. The van der Waals surface area contributed by atoms with Crippen LogP contribution in [0.1, 0.15) is 85.0 Å². The molecule has 0 unspecified atom stereocenters. The van der Waals surface area contributed by atoms with E-state index in [2.05, 4.69) is 62.8 Å². The molecule has 0 saturated carbocycles. The van der Waals surface area contributed by atoms with E-state index < -0.39 is 126 Å². The minimum absolute atomic E-state index is 0.000875. The summed E-state index contributed by atoms with van der Waals surface area (Å²) in [6.07, 6.45) is 0.195. The molecule has 1 aromatic heterocycles. The molecular weight excluding hydrogens is 1000 g/mol. The number of aliphatic carboxylic acids is 1. The number of nitrogens with one attached hydrogen (secondary N) is 8. The van der Waals surface area contributed by atoms with E-state index in [-0.39, 0.29) is 92.6 Å². The average molecular weight is 1080 g/mol. The highest BCUT2D eigenvalue weighted by molar-refractivity contribution is 5.98. The van der Waals surface area contributed by atoms with E-state index >= 15 is 0 Å². The Morgan fingerprint density at radius 1 is 0.658 bits per heavy atom. The van der Waals surface area contributed by atoms with Crippen LogP contribution in [0.3, 0.4) is 0 Å². The van der Waals surface area contributed by atoms with E-state index in [1.807, 2.05) is 0 Å². The summed E-state index contributed by atoms with van der Waals surface area (Å²) in [4.78, 5) is 138. The van der Waals surface area contributed by atoms with Gasteiger partial charge in [0.15, 0.2) is 17.4 Å². The highest BCUT2D eigenvalue weighted by atomic mass is 16.6. The van der Waals surface area contributed by atoms with Gasteiger partial charge in [0, 0.05) is 32.1 Å². The number of benzene rings is 1. The predicted molar refractivity (Wildman–Crippen MR) is 273 cm³/mol. The monoisotopic (exact) mass is 1080 g/mol. The van der Waals surface area contributed by atoms with Crippen LogP contribution in [0.2, 0.25) is 0 Å². The molecule has 0 spiro atoms. The van der Waals surface area contributed by atoms with E-state index in [0.29, 0.717) is 19.4 Å². The summed E-state index contributed by atoms with van der Waals surface area (Å²) in [5, 5.41) is 48.4. The Hall–Kier alpha value is -8.49. The van der Waals surface area contributed by atoms with E-state index in [0.717, 1.165) is 6.07 Å². The first-order valence-electron chi connectivity index (χ1n) is 24.1. The molecule has 8 amide bonds. The number of anilines is 1. The smallest absolute Gasteiger partial charge is 0.303 e. The maximum atomic E-state index is 14.4. The largest absolute Gasteiger partial charge is 0.481 e. The van der Waals surface area contributed by atoms with Crippen LogP contribution in [0.25, 0.3) is 11.0 Å². The van der Waals surface area contributed by atoms with Crippen molar-refractivity contribution in [3.63, 3.8) is 0 Å². The second-order valence-electron chi connectivity index (χ2n) is 17.8. The van der Waals surface area contributed by atoms with Gasteiger partial charge < -0.3 is 87.8 Å². The number of non-ortho nitro benzene ring substituents is 1. The van der Waals surface area contributed by atoms with Crippen molar-refractivity contribution in [1.82, 2.24) is 47.5 Å². The van der Waals surface area contributed by atoms with Gasteiger partial charge in [0.05, 0.1) is 23.2 Å². The fourth-order valence-electron chi connectivity index (χ4n) is 7.06. The van der Waals surface area contributed by atoms with Crippen LogP contribution in [0.4, 0.5) is 11.4 Å². The molecule has 2 rings (SSSR count). The molecule has 2 aromatic rings. The van der Waals surface area contributed by atoms with Gasteiger partial charge in [0.2, 0.25) is 52.8 Å². The number of nitrogens with two attached hydrogens (primary N) is 7. The van der Waals surface area contributed by atoms with Crippen LogP contribution in [0.15, 0.2) is 26.7 Å². The van der Waals surface area contributed by atoms with Crippen LogP contribution in [0, 0.1) is 16.0 Å². The topological polar surface area (TPSA) is 559 Å². The van der Waals surface area contributed by atoms with Gasteiger partial charge in [-0.25, -0.2) is 4.63 Å². The van der Waals surface area contributed by atoms with Crippen LogP contribution in [-0.4, -0.2) is 161 Å². The highest BCUT2D eigenvalue weighted by Crippen LogP contribution is 2.28. The molecule has 0 radical (unpaired) electrons. The van der Waals surface area contributed by atoms with Crippen molar-refractivity contribution in [2.75, 3.05) is 38.0 Å². The Bertz CT molecular complexity index is 2390. The summed E-state index contributed by atoms with van der Waals surface area (Å²) in [7, 11) is 0. The number of carboxylic acids is 1. The molecule has 422 valence electrons. The van der Waals surface area contributed by atoms with E-state index in [1.54, 1.807) is 13.8 Å². The maximum absolute atomic E-state index is 14.4. The number of carboxylic acid groups (broad SMARTS) is 1. The SMILES string of the molecule is CC(C)C[C@H](NC(=O)[C@H](CCCN=C(N)N)NC(=O)[C@H](CCCN=C(N)N)NC(=O)[C@H](CCCCN)NC(=O)[C@H](C)N)C(=O)N[C@@H](CNc1ccc([N+](=O)[O-])c2nonc12)C(=O)NCC(=O)N[C@@H](CCC(=O)O)C(N)=O. The van der Waals surface area contributed by atoms with Crippen molar-refractivity contribution in [3.8, 4) is 0 Å². The number of amides is 8. The number of carbonyl (C=O) groups is 9. The molecule has 0 bridgehead atoms. The number of unbranched alkanes of at least 4 members (excludes halogenated alkanes) is 1. The molecule has 0 aliphatic heterocycles. The second-order valence-corrected chi connectivity index (χ2v) is 17.8. The molecule has 1 heterocycles. The molecule has 0 saturated heterocycles. The van der Waals surface area contributed by atoms with E-state index in [1.165, 1.54) is 13.0 Å². The van der Waals surface area contributed by atoms with Gasteiger partial charge in [-0.1, -0.05) is 13.8 Å². The lowest BCUT2D eigenvalue weighted by Crippen LogP contribution is -2.60. The minimum Gasteiger partial charge on any atom is -0.481 e. The Morgan fingerprint density at radius 3 is 1.64 bits per heavy atom. The Balaban J connectivity index is 2.53. The zero-order valence-electron chi connectivity index (χ0n) is 42.5.